The average molecular weight is 326 g/mol. The van der Waals surface area contributed by atoms with E-state index in [1.165, 1.54) is 18.9 Å². The molecule has 1 aliphatic carbocycles. The maximum absolute atomic E-state index is 13.8. The molecule has 1 atom stereocenters. The first-order valence-corrected chi connectivity index (χ1v) is 7.61. The zero-order chi connectivity index (χ0) is 13.4. The highest BCUT2D eigenvalue weighted by Crippen LogP contribution is 2.43. The third-order valence-electron chi connectivity index (χ3n) is 3.62. The van der Waals surface area contributed by atoms with Crippen molar-refractivity contribution in [3.63, 3.8) is 0 Å². The fourth-order valence-corrected chi connectivity index (χ4v) is 2.89. The molecule has 0 bridgehead atoms. The Hall–Kier alpha value is -0.870. The first kappa shape index (κ1) is 13.1. The predicted octanol–water partition coefficient (Wildman–Crippen LogP) is 4.79. The molecular weight excluding hydrogens is 309 g/mol. The second kappa shape index (κ2) is 5.25. The minimum atomic E-state index is -0.224. The number of hydrogen-bond acceptors (Lipinski definition) is 2. The average Bonchev–Trinajstić information content (AvgIpc) is 3.13. The lowest BCUT2D eigenvalue weighted by molar-refractivity contribution is 0.396. The number of hydrogen-bond donors (Lipinski definition) is 1. The molecule has 2 aromatic rings. The zero-order valence-corrected chi connectivity index (χ0v) is 12.5. The van der Waals surface area contributed by atoms with Crippen LogP contribution in [0.3, 0.4) is 0 Å². The van der Waals surface area contributed by atoms with Gasteiger partial charge < -0.3 is 9.73 Å². The van der Waals surface area contributed by atoms with Crippen LogP contribution in [0.25, 0.3) is 11.0 Å². The van der Waals surface area contributed by atoms with Gasteiger partial charge in [0.2, 0.25) is 0 Å². The molecule has 0 amide bonds. The highest BCUT2D eigenvalue weighted by atomic mass is 79.9. The molecule has 19 heavy (non-hydrogen) atoms. The lowest BCUT2D eigenvalue weighted by Gasteiger charge is -2.14. The Kier molecular flexibility index (Phi) is 3.63. The molecule has 1 aromatic carbocycles. The van der Waals surface area contributed by atoms with Crippen LogP contribution in [0.4, 0.5) is 4.39 Å². The van der Waals surface area contributed by atoms with Gasteiger partial charge in [-0.05, 0) is 65.9 Å². The van der Waals surface area contributed by atoms with Crippen LogP contribution in [0, 0.1) is 11.7 Å². The van der Waals surface area contributed by atoms with E-state index in [1.54, 1.807) is 6.07 Å². The van der Waals surface area contributed by atoms with E-state index in [0.717, 1.165) is 23.2 Å². The van der Waals surface area contributed by atoms with Crippen LogP contribution in [-0.2, 0) is 0 Å². The van der Waals surface area contributed by atoms with E-state index in [1.807, 2.05) is 6.07 Å². The van der Waals surface area contributed by atoms with Crippen LogP contribution in [0.15, 0.2) is 27.1 Å². The Labute approximate surface area is 120 Å². The Morgan fingerprint density at radius 2 is 2.26 bits per heavy atom. The second-order valence-corrected chi connectivity index (χ2v) is 6.04. The zero-order valence-electron chi connectivity index (χ0n) is 10.9. The lowest BCUT2D eigenvalue weighted by Crippen LogP contribution is -2.23. The van der Waals surface area contributed by atoms with Gasteiger partial charge in [0.15, 0.2) is 5.58 Å². The molecule has 1 saturated carbocycles. The number of furan rings is 1. The normalized spacial score (nSPS) is 17.0. The molecule has 102 valence electrons. The third-order valence-corrected chi connectivity index (χ3v) is 4.24. The molecule has 2 nitrogen and oxygen atoms in total. The maximum Gasteiger partial charge on any atom is 0.151 e. The van der Waals surface area contributed by atoms with Crippen LogP contribution in [0.1, 0.15) is 38.0 Å². The maximum atomic E-state index is 13.8. The van der Waals surface area contributed by atoms with Crippen LogP contribution in [-0.4, -0.2) is 6.54 Å². The van der Waals surface area contributed by atoms with Gasteiger partial charge in [0.25, 0.3) is 0 Å². The number of fused-ring (bicyclic) bond motifs is 1. The fourth-order valence-electron chi connectivity index (χ4n) is 2.46. The number of halogens is 2. The standard InChI is InChI=1S/C15H17BrFNO/c1-2-7-18-14(9-3-4-9)13-8-10-12(17)6-5-11(16)15(10)19-13/h5-6,8-9,14,18H,2-4,7H2,1H3. The number of rotatable bonds is 5. The lowest BCUT2D eigenvalue weighted by atomic mass is 10.1. The van der Waals surface area contributed by atoms with Crippen molar-refractivity contribution in [1.29, 1.82) is 0 Å². The van der Waals surface area contributed by atoms with Crippen molar-refractivity contribution in [2.24, 2.45) is 5.92 Å². The Bertz CT molecular complexity index is 552. The van der Waals surface area contributed by atoms with Gasteiger partial charge >= 0.3 is 0 Å². The number of benzene rings is 1. The van der Waals surface area contributed by atoms with E-state index in [9.17, 15) is 4.39 Å². The summed E-state index contributed by atoms with van der Waals surface area (Å²) in [5.41, 5.74) is 0.610. The van der Waals surface area contributed by atoms with Crippen molar-refractivity contribution in [1.82, 2.24) is 5.32 Å². The van der Waals surface area contributed by atoms with E-state index in [4.69, 9.17) is 4.42 Å². The molecule has 0 spiro atoms. The van der Waals surface area contributed by atoms with Gasteiger partial charge in [-0.2, -0.15) is 0 Å². The molecule has 0 aliphatic heterocycles. The molecule has 0 saturated heterocycles. The van der Waals surface area contributed by atoms with Gasteiger partial charge in [0.05, 0.1) is 15.9 Å². The van der Waals surface area contributed by atoms with Crippen molar-refractivity contribution in [2.45, 2.75) is 32.2 Å². The first-order valence-electron chi connectivity index (χ1n) is 6.81. The molecule has 1 N–H and O–H groups in total. The fraction of sp³-hybridized carbons (Fsp3) is 0.467. The van der Waals surface area contributed by atoms with Gasteiger partial charge in [-0.1, -0.05) is 6.92 Å². The summed E-state index contributed by atoms with van der Waals surface area (Å²) in [5, 5.41) is 4.08. The molecule has 1 unspecified atom stereocenters. The summed E-state index contributed by atoms with van der Waals surface area (Å²) in [6.45, 7) is 3.10. The first-order chi connectivity index (χ1) is 9.20. The van der Waals surface area contributed by atoms with Gasteiger partial charge in [-0.3, -0.25) is 0 Å². The van der Waals surface area contributed by atoms with E-state index in [2.05, 4.69) is 28.2 Å². The second-order valence-electron chi connectivity index (χ2n) is 5.19. The quantitative estimate of drug-likeness (QED) is 0.855. The minimum Gasteiger partial charge on any atom is -0.458 e. The smallest absolute Gasteiger partial charge is 0.151 e. The molecule has 1 aromatic heterocycles. The van der Waals surface area contributed by atoms with E-state index in [-0.39, 0.29) is 11.9 Å². The molecule has 3 rings (SSSR count). The van der Waals surface area contributed by atoms with Crippen molar-refractivity contribution in [3.05, 3.63) is 34.2 Å². The van der Waals surface area contributed by atoms with Gasteiger partial charge in [-0.25, -0.2) is 4.39 Å². The largest absolute Gasteiger partial charge is 0.458 e. The Balaban J connectivity index is 1.99. The van der Waals surface area contributed by atoms with E-state index in [0.29, 0.717) is 16.9 Å². The third kappa shape index (κ3) is 2.56. The topological polar surface area (TPSA) is 25.2 Å². The molecular formula is C15H17BrFNO. The Morgan fingerprint density at radius 1 is 1.47 bits per heavy atom. The summed E-state index contributed by atoms with van der Waals surface area (Å²) in [6, 6.07) is 5.23. The Morgan fingerprint density at radius 3 is 2.89 bits per heavy atom. The molecule has 4 heteroatoms. The highest BCUT2D eigenvalue weighted by Gasteiger charge is 2.34. The van der Waals surface area contributed by atoms with Crippen LogP contribution >= 0.6 is 15.9 Å². The summed E-state index contributed by atoms with van der Waals surface area (Å²) in [5.74, 6) is 1.27. The van der Waals surface area contributed by atoms with Crippen molar-refractivity contribution >= 4 is 26.9 Å². The monoisotopic (exact) mass is 325 g/mol. The summed E-state index contributed by atoms with van der Waals surface area (Å²) in [4.78, 5) is 0. The van der Waals surface area contributed by atoms with Gasteiger partial charge in [0, 0.05) is 0 Å². The highest BCUT2D eigenvalue weighted by molar-refractivity contribution is 9.10. The molecule has 0 radical (unpaired) electrons. The summed E-state index contributed by atoms with van der Waals surface area (Å²) in [7, 11) is 0. The van der Waals surface area contributed by atoms with E-state index >= 15 is 0 Å². The van der Waals surface area contributed by atoms with Crippen LogP contribution < -0.4 is 5.32 Å². The van der Waals surface area contributed by atoms with Gasteiger partial charge in [0.1, 0.15) is 11.6 Å². The van der Waals surface area contributed by atoms with E-state index < -0.39 is 0 Å². The van der Waals surface area contributed by atoms with Crippen LogP contribution in [0.2, 0.25) is 0 Å². The minimum absolute atomic E-state index is 0.221. The van der Waals surface area contributed by atoms with Crippen molar-refractivity contribution in [3.8, 4) is 0 Å². The summed E-state index contributed by atoms with van der Waals surface area (Å²) in [6.07, 6.45) is 3.53. The molecule has 1 fully saturated rings. The number of nitrogens with one attached hydrogen (secondary N) is 1. The molecule has 1 aliphatic rings. The van der Waals surface area contributed by atoms with Crippen LogP contribution in [0.5, 0.6) is 0 Å². The van der Waals surface area contributed by atoms with Crippen molar-refractivity contribution < 1.29 is 8.81 Å². The SMILES string of the molecule is CCCNC(c1cc2c(F)ccc(Br)c2o1)C1CC1. The summed E-state index contributed by atoms with van der Waals surface area (Å²) < 4.78 is 20.5. The van der Waals surface area contributed by atoms with Gasteiger partial charge in [-0.15, -0.1) is 0 Å². The predicted molar refractivity (Wildman–Crippen MR) is 77.6 cm³/mol. The summed E-state index contributed by atoms with van der Waals surface area (Å²) >= 11 is 3.42. The van der Waals surface area contributed by atoms with Crippen molar-refractivity contribution in [2.75, 3.05) is 6.54 Å². The molecule has 1 heterocycles.